The number of anilines is 1. The minimum absolute atomic E-state index is 0.180. The number of allylic oxidation sites excluding steroid dienone is 1. The molecule has 33 heavy (non-hydrogen) atoms. The van der Waals surface area contributed by atoms with Crippen molar-refractivity contribution in [1.29, 1.82) is 5.41 Å². The number of halogens is 3. The summed E-state index contributed by atoms with van der Waals surface area (Å²) in [6.45, 7) is 6.35. The molecule has 6 heteroatoms. The minimum Gasteiger partial charge on any atom is -0.365 e. The van der Waals surface area contributed by atoms with Crippen LogP contribution in [0.4, 0.5) is 18.9 Å². The Kier molecular flexibility index (Phi) is 4.51. The molecule has 2 aromatic rings. The van der Waals surface area contributed by atoms with E-state index in [0.717, 1.165) is 51.1 Å². The number of nitrogens with zero attached hydrogens (tertiary/aromatic N) is 2. The van der Waals surface area contributed by atoms with E-state index in [0.29, 0.717) is 10.9 Å². The monoisotopic (exact) mass is 447 g/mol. The number of fused-ring (bicyclic) bond motifs is 4. The first kappa shape index (κ1) is 21.3. The second kappa shape index (κ2) is 6.98. The van der Waals surface area contributed by atoms with Gasteiger partial charge in [0.2, 0.25) is 0 Å². The molecular weight excluding hydrogens is 423 g/mol. The Morgan fingerprint density at radius 2 is 1.55 bits per heavy atom. The van der Waals surface area contributed by atoms with Crippen molar-refractivity contribution in [3.8, 4) is 22.4 Å². The van der Waals surface area contributed by atoms with Crippen LogP contribution in [0.15, 0.2) is 48.5 Å². The van der Waals surface area contributed by atoms with Gasteiger partial charge in [0.15, 0.2) is 17.5 Å². The van der Waals surface area contributed by atoms with E-state index < -0.39 is 17.5 Å². The molecular formula is C27H24F3N3. The molecule has 2 heterocycles. The Labute approximate surface area is 190 Å². The molecule has 0 saturated carbocycles. The van der Waals surface area contributed by atoms with Gasteiger partial charge in [0.25, 0.3) is 0 Å². The standard InChI is InChI=1S/C27H24F3N3/c1-14-13-27(2,3)33(5)21-9-8-18-24(15-10-19(28)25(30)20(29)11-15)17-7-6-16(31)12-22(17)32(4)26(18)23(14)21/h6-13,31H,1-5H3. The second-order valence-electron chi connectivity index (χ2n) is 9.32. The summed E-state index contributed by atoms with van der Waals surface area (Å²) in [5.41, 5.74) is 6.23. The number of likely N-dealkylation sites (N-methyl/N-ethyl adjacent to an activating group) is 1. The summed E-state index contributed by atoms with van der Waals surface area (Å²) >= 11 is 0. The maximum atomic E-state index is 14.3. The summed E-state index contributed by atoms with van der Waals surface area (Å²) in [7, 11) is 3.98. The third kappa shape index (κ3) is 3.00. The largest absolute Gasteiger partial charge is 0.365 e. The number of hydrogen-bond acceptors (Lipinski definition) is 2. The molecule has 0 aromatic heterocycles. The van der Waals surface area contributed by atoms with Gasteiger partial charge in [0.05, 0.1) is 22.1 Å². The van der Waals surface area contributed by atoms with Crippen LogP contribution < -0.4 is 10.3 Å². The van der Waals surface area contributed by atoms with Crippen molar-refractivity contribution in [3.05, 3.63) is 76.9 Å². The summed E-state index contributed by atoms with van der Waals surface area (Å²) in [4.78, 5) is 2.21. The minimum atomic E-state index is -1.48. The SMILES string of the molecule is CC1=CC(C)(C)N(C)c2ccc3c(-c4cc(F)c(F)c(F)c4)c4ccc(=N)cc-4n(C)c3c21. The van der Waals surface area contributed by atoms with Crippen LogP contribution in [0.2, 0.25) is 0 Å². The lowest BCUT2D eigenvalue weighted by Crippen LogP contribution is -2.42. The maximum Gasteiger partial charge on any atom is 0.194 e. The van der Waals surface area contributed by atoms with Crippen molar-refractivity contribution in [2.75, 3.05) is 11.9 Å². The molecule has 1 aliphatic carbocycles. The predicted molar refractivity (Wildman–Crippen MR) is 127 cm³/mol. The number of rotatable bonds is 1. The quantitative estimate of drug-likeness (QED) is 0.263. The second-order valence-corrected chi connectivity index (χ2v) is 9.32. The van der Waals surface area contributed by atoms with Gasteiger partial charge < -0.3 is 14.9 Å². The van der Waals surface area contributed by atoms with E-state index in [9.17, 15) is 13.2 Å². The smallest absolute Gasteiger partial charge is 0.194 e. The van der Waals surface area contributed by atoms with E-state index in [-0.39, 0.29) is 11.1 Å². The van der Waals surface area contributed by atoms with Crippen LogP contribution in [-0.2, 0) is 7.05 Å². The molecule has 168 valence electrons. The van der Waals surface area contributed by atoms with E-state index in [1.54, 1.807) is 18.2 Å². The van der Waals surface area contributed by atoms with E-state index in [4.69, 9.17) is 5.41 Å². The predicted octanol–water partition coefficient (Wildman–Crippen LogP) is 6.48. The van der Waals surface area contributed by atoms with Crippen molar-refractivity contribution in [1.82, 2.24) is 4.57 Å². The van der Waals surface area contributed by atoms with Crippen molar-refractivity contribution < 1.29 is 13.2 Å². The van der Waals surface area contributed by atoms with Gasteiger partial charge in [-0.05, 0) is 62.2 Å². The Morgan fingerprint density at radius 3 is 2.21 bits per heavy atom. The number of hydrogen-bond donors (Lipinski definition) is 1. The average molecular weight is 448 g/mol. The zero-order valence-corrected chi connectivity index (χ0v) is 19.1. The van der Waals surface area contributed by atoms with Gasteiger partial charge in [-0.15, -0.1) is 0 Å². The van der Waals surface area contributed by atoms with Gasteiger partial charge in [-0.25, -0.2) is 13.2 Å². The number of nitrogens with one attached hydrogen (secondary N) is 1. The van der Waals surface area contributed by atoms with Crippen molar-refractivity contribution in [3.63, 3.8) is 0 Å². The fraction of sp³-hybridized carbons (Fsp3) is 0.222. The molecule has 2 aromatic carbocycles. The lowest BCUT2D eigenvalue weighted by molar-refractivity contribution is 0.448. The van der Waals surface area contributed by atoms with E-state index in [1.807, 2.05) is 30.8 Å². The Hall–Kier alpha value is -3.54. The van der Waals surface area contributed by atoms with Crippen molar-refractivity contribution in [2.45, 2.75) is 26.3 Å². The zero-order chi connectivity index (χ0) is 23.8. The third-order valence-corrected chi connectivity index (χ3v) is 6.85. The van der Waals surface area contributed by atoms with E-state index >= 15 is 0 Å². The molecule has 3 nitrogen and oxygen atoms in total. The first-order valence-electron chi connectivity index (χ1n) is 10.7. The molecule has 2 aliphatic heterocycles. The Balaban J connectivity index is 2.02. The summed E-state index contributed by atoms with van der Waals surface area (Å²) in [6.07, 6.45) is 2.21. The van der Waals surface area contributed by atoms with Gasteiger partial charge >= 0.3 is 0 Å². The van der Waals surface area contributed by atoms with Crippen LogP contribution in [0.25, 0.3) is 38.9 Å². The first-order chi connectivity index (χ1) is 15.5. The molecule has 0 unspecified atom stereocenters. The molecule has 0 saturated heterocycles. The molecule has 1 N–H and O–H groups in total. The van der Waals surface area contributed by atoms with Gasteiger partial charge in [0, 0.05) is 41.9 Å². The Bertz CT molecular complexity index is 1510. The fourth-order valence-electron chi connectivity index (χ4n) is 5.11. The zero-order valence-electron chi connectivity index (χ0n) is 19.1. The summed E-state index contributed by atoms with van der Waals surface area (Å²) in [5.74, 6) is -3.94. The summed E-state index contributed by atoms with van der Waals surface area (Å²) in [6, 6.07) is 11.2. The molecule has 0 radical (unpaired) electrons. The third-order valence-electron chi connectivity index (χ3n) is 6.85. The van der Waals surface area contributed by atoms with Gasteiger partial charge in [0.1, 0.15) is 0 Å². The maximum absolute atomic E-state index is 14.3. The summed E-state index contributed by atoms with van der Waals surface area (Å²) in [5, 5.41) is 9.29. The fourth-order valence-corrected chi connectivity index (χ4v) is 5.11. The lowest BCUT2D eigenvalue weighted by Gasteiger charge is -2.41. The molecule has 3 aliphatic rings. The lowest BCUT2D eigenvalue weighted by atomic mass is 9.85. The van der Waals surface area contributed by atoms with Crippen LogP contribution in [0.5, 0.6) is 0 Å². The van der Waals surface area contributed by atoms with Gasteiger partial charge in [-0.3, -0.25) is 0 Å². The number of aromatic nitrogens is 1. The average Bonchev–Trinajstić information content (AvgIpc) is 2.75. The number of pyridine rings is 1. The highest BCUT2D eigenvalue weighted by Gasteiger charge is 2.31. The molecule has 0 fully saturated rings. The Morgan fingerprint density at radius 1 is 0.879 bits per heavy atom. The number of aryl methyl sites for hydroxylation is 1. The normalized spacial score (nSPS) is 15.2. The topological polar surface area (TPSA) is 32.0 Å². The highest BCUT2D eigenvalue weighted by molar-refractivity contribution is 6.09. The molecule has 0 atom stereocenters. The molecule has 0 bridgehead atoms. The number of benzene rings is 3. The highest BCUT2D eigenvalue weighted by Crippen LogP contribution is 2.47. The van der Waals surface area contributed by atoms with Crippen molar-refractivity contribution in [2.24, 2.45) is 7.05 Å². The van der Waals surface area contributed by atoms with Gasteiger partial charge in [-0.1, -0.05) is 18.2 Å². The molecule has 5 rings (SSSR count). The van der Waals surface area contributed by atoms with Gasteiger partial charge in [-0.2, -0.15) is 0 Å². The highest BCUT2D eigenvalue weighted by atomic mass is 19.2. The van der Waals surface area contributed by atoms with Crippen LogP contribution >= 0.6 is 0 Å². The summed E-state index contributed by atoms with van der Waals surface area (Å²) < 4.78 is 44.4. The molecule has 0 spiro atoms. The van der Waals surface area contributed by atoms with E-state index in [2.05, 4.69) is 31.7 Å². The van der Waals surface area contributed by atoms with E-state index in [1.165, 1.54) is 0 Å². The van der Waals surface area contributed by atoms with Crippen molar-refractivity contribution >= 4 is 22.2 Å². The molecule has 0 amide bonds. The van der Waals surface area contributed by atoms with Crippen LogP contribution in [0, 0.1) is 22.9 Å². The first-order valence-corrected chi connectivity index (χ1v) is 10.7. The van der Waals surface area contributed by atoms with Crippen LogP contribution in [0.1, 0.15) is 26.3 Å². The van der Waals surface area contributed by atoms with Crippen LogP contribution in [0.3, 0.4) is 0 Å². The van der Waals surface area contributed by atoms with Crippen LogP contribution in [-0.4, -0.2) is 17.2 Å².